The predicted octanol–water partition coefficient (Wildman–Crippen LogP) is 2.60. The molecule has 2 atom stereocenters. The van der Waals surface area contributed by atoms with Gasteiger partial charge in [-0.2, -0.15) is 0 Å². The maximum absolute atomic E-state index is 14.0. The Morgan fingerprint density at radius 2 is 1.82 bits per heavy atom. The molecule has 0 radical (unpaired) electrons. The Kier molecular flexibility index (Phi) is 7.62. The van der Waals surface area contributed by atoms with Gasteiger partial charge in [0.2, 0.25) is 5.91 Å². The number of ether oxygens (including phenoxy) is 3. The van der Waals surface area contributed by atoms with E-state index in [-0.39, 0.29) is 30.1 Å². The van der Waals surface area contributed by atoms with Gasteiger partial charge in [-0.25, -0.2) is 4.39 Å². The van der Waals surface area contributed by atoms with Crippen molar-refractivity contribution in [3.63, 3.8) is 0 Å². The molecule has 9 nitrogen and oxygen atoms in total. The zero-order chi connectivity index (χ0) is 26.7. The summed E-state index contributed by atoms with van der Waals surface area (Å²) in [5.74, 6) is -0.912. The van der Waals surface area contributed by atoms with Crippen molar-refractivity contribution in [3.05, 3.63) is 65.5 Å². The van der Waals surface area contributed by atoms with Crippen molar-refractivity contribution in [2.75, 3.05) is 40.0 Å². The molecule has 3 amide bonds. The van der Waals surface area contributed by atoms with Crippen LogP contribution >= 0.6 is 0 Å². The van der Waals surface area contributed by atoms with Crippen LogP contribution in [0.3, 0.4) is 0 Å². The van der Waals surface area contributed by atoms with E-state index in [1.807, 2.05) is 0 Å². The van der Waals surface area contributed by atoms with Crippen LogP contribution in [0.15, 0.2) is 48.5 Å². The van der Waals surface area contributed by atoms with E-state index in [1.54, 1.807) is 36.3 Å². The third kappa shape index (κ3) is 5.23. The van der Waals surface area contributed by atoms with Crippen LogP contribution in [0.1, 0.15) is 46.4 Å². The lowest BCUT2D eigenvalue weighted by atomic mass is 9.96. The molecule has 3 heterocycles. The first-order chi connectivity index (χ1) is 18.4. The van der Waals surface area contributed by atoms with Crippen LogP contribution in [-0.2, 0) is 14.3 Å². The van der Waals surface area contributed by atoms with E-state index in [2.05, 4.69) is 5.32 Å². The Labute approximate surface area is 220 Å². The molecule has 2 aromatic carbocycles. The number of amides is 3. The number of halogens is 1. The maximum atomic E-state index is 14.0. The Bertz CT molecular complexity index is 1190. The van der Waals surface area contributed by atoms with E-state index in [4.69, 9.17) is 14.2 Å². The number of rotatable bonds is 6. The number of hydrogen-bond donors (Lipinski definition) is 1. The fourth-order valence-corrected chi connectivity index (χ4v) is 5.46. The van der Waals surface area contributed by atoms with E-state index in [0.717, 1.165) is 18.9 Å². The number of piperidine rings is 1. The molecule has 3 fully saturated rings. The van der Waals surface area contributed by atoms with Gasteiger partial charge >= 0.3 is 0 Å². The molecule has 3 aliphatic heterocycles. The number of carbonyl (C=O) groups excluding carboxylic acids is 3. The van der Waals surface area contributed by atoms with Gasteiger partial charge in [0.25, 0.3) is 11.8 Å². The van der Waals surface area contributed by atoms with Crippen LogP contribution in [0.5, 0.6) is 5.75 Å². The average Bonchev–Trinajstić information content (AvgIpc) is 3.60. The number of carbonyl (C=O) groups is 3. The van der Waals surface area contributed by atoms with Gasteiger partial charge in [0.1, 0.15) is 23.3 Å². The summed E-state index contributed by atoms with van der Waals surface area (Å²) in [6.45, 7) is 1.70. The lowest BCUT2D eigenvalue weighted by Gasteiger charge is -2.44. The normalized spacial score (nSPS) is 22.5. The van der Waals surface area contributed by atoms with Crippen molar-refractivity contribution < 1.29 is 33.0 Å². The summed E-state index contributed by atoms with van der Waals surface area (Å²) in [6.07, 6.45) is 2.41. The lowest BCUT2D eigenvalue weighted by molar-refractivity contribution is -0.128. The second kappa shape index (κ2) is 11.1. The van der Waals surface area contributed by atoms with E-state index >= 15 is 0 Å². The van der Waals surface area contributed by atoms with Gasteiger partial charge in [-0.3, -0.25) is 19.3 Å². The number of likely N-dealkylation sites (tertiary alicyclic amines) is 1. The molecule has 3 saturated heterocycles. The molecule has 1 spiro atoms. The molecule has 3 aliphatic rings. The molecule has 1 N–H and O–H groups in total. The molecular formula is C28H32FN3O6. The summed E-state index contributed by atoms with van der Waals surface area (Å²) in [4.78, 5) is 43.3. The standard InChI is InChI=1S/C28H32FN3O6/c1-36-22-8-3-6-20(16-22)26(34)31-12-10-28(11-13-31)32(27(35)19-5-2-7-21(29)15-19)24(18-38-28)25(33)30-17-23-9-4-14-37-23/h2-3,5-8,15-16,23-24H,4,9-14,17-18H2,1H3,(H,30,33)/t23-,24+/m1/s1. The number of benzene rings is 2. The smallest absolute Gasteiger partial charge is 0.256 e. The van der Waals surface area contributed by atoms with Crippen molar-refractivity contribution in [2.45, 2.75) is 43.6 Å². The molecule has 5 rings (SSSR count). The molecular weight excluding hydrogens is 493 g/mol. The summed E-state index contributed by atoms with van der Waals surface area (Å²) in [6, 6.07) is 11.5. The van der Waals surface area contributed by atoms with E-state index in [1.165, 1.54) is 23.1 Å². The van der Waals surface area contributed by atoms with Crippen LogP contribution in [0, 0.1) is 5.82 Å². The quantitative estimate of drug-likeness (QED) is 0.623. The molecule has 0 unspecified atom stereocenters. The van der Waals surface area contributed by atoms with Gasteiger partial charge in [-0.15, -0.1) is 0 Å². The summed E-state index contributed by atoms with van der Waals surface area (Å²) in [5.41, 5.74) is -0.436. The monoisotopic (exact) mass is 525 g/mol. The Balaban J connectivity index is 1.34. The van der Waals surface area contributed by atoms with Crippen molar-refractivity contribution in [2.24, 2.45) is 0 Å². The van der Waals surface area contributed by atoms with E-state index in [9.17, 15) is 18.8 Å². The highest BCUT2D eigenvalue weighted by Crippen LogP contribution is 2.39. The number of hydrogen-bond acceptors (Lipinski definition) is 6. The molecule has 38 heavy (non-hydrogen) atoms. The Hall–Kier alpha value is -3.50. The molecule has 10 heteroatoms. The topological polar surface area (TPSA) is 97.4 Å². The second-order valence-corrected chi connectivity index (χ2v) is 9.86. The molecule has 0 saturated carbocycles. The largest absolute Gasteiger partial charge is 0.497 e. The van der Waals surface area contributed by atoms with Crippen molar-refractivity contribution >= 4 is 17.7 Å². The SMILES string of the molecule is COc1cccc(C(=O)N2CCC3(CC2)OC[C@@H](C(=O)NC[C@H]2CCCO2)N3C(=O)c2cccc(F)c2)c1. The van der Waals surface area contributed by atoms with Crippen LogP contribution in [-0.4, -0.2) is 85.3 Å². The minimum Gasteiger partial charge on any atom is -0.497 e. The van der Waals surface area contributed by atoms with Crippen LogP contribution in [0.25, 0.3) is 0 Å². The van der Waals surface area contributed by atoms with Gasteiger partial charge in [-0.05, 0) is 49.2 Å². The first-order valence-corrected chi connectivity index (χ1v) is 13.0. The van der Waals surface area contributed by atoms with Crippen LogP contribution < -0.4 is 10.1 Å². The minimum atomic E-state index is -1.08. The zero-order valence-corrected chi connectivity index (χ0v) is 21.4. The highest BCUT2D eigenvalue weighted by atomic mass is 19.1. The zero-order valence-electron chi connectivity index (χ0n) is 21.4. The molecule has 202 valence electrons. The third-order valence-corrected chi connectivity index (χ3v) is 7.53. The number of nitrogens with one attached hydrogen (secondary N) is 1. The molecule has 0 aliphatic carbocycles. The number of methoxy groups -OCH3 is 1. The maximum Gasteiger partial charge on any atom is 0.256 e. The predicted molar refractivity (Wildman–Crippen MR) is 135 cm³/mol. The van der Waals surface area contributed by atoms with Crippen molar-refractivity contribution in [1.29, 1.82) is 0 Å². The Morgan fingerprint density at radius 1 is 1.08 bits per heavy atom. The van der Waals surface area contributed by atoms with E-state index < -0.39 is 23.5 Å². The van der Waals surface area contributed by atoms with Gasteiger partial charge in [0.05, 0.1) is 19.8 Å². The van der Waals surface area contributed by atoms with E-state index in [0.29, 0.717) is 50.4 Å². The van der Waals surface area contributed by atoms with Crippen molar-refractivity contribution in [1.82, 2.24) is 15.1 Å². The third-order valence-electron chi connectivity index (χ3n) is 7.53. The summed E-state index contributed by atoms with van der Waals surface area (Å²) >= 11 is 0. The average molecular weight is 526 g/mol. The van der Waals surface area contributed by atoms with Gasteiger partial charge in [0, 0.05) is 50.2 Å². The Morgan fingerprint density at radius 3 is 2.50 bits per heavy atom. The highest BCUT2D eigenvalue weighted by molar-refractivity contribution is 5.98. The van der Waals surface area contributed by atoms with Gasteiger partial charge in [-0.1, -0.05) is 12.1 Å². The molecule has 2 aromatic rings. The van der Waals surface area contributed by atoms with Crippen LogP contribution in [0.2, 0.25) is 0 Å². The fraction of sp³-hybridized carbons (Fsp3) is 0.464. The first kappa shape index (κ1) is 26.1. The first-order valence-electron chi connectivity index (χ1n) is 13.0. The molecule has 0 bridgehead atoms. The lowest BCUT2D eigenvalue weighted by Crippen LogP contribution is -2.60. The summed E-state index contributed by atoms with van der Waals surface area (Å²) < 4.78 is 31.1. The fourth-order valence-electron chi connectivity index (χ4n) is 5.46. The summed E-state index contributed by atoms with van der Waals surface area (Å²) in [5, 5.41) is 2.91. The molecule has 0 aromatic heterocycles. The highest BCUT2D eigenvalue weighted by Gasteiger charge is 2.54. The van der Waals surface area contributed by atoms with Gasteiger partial charge < -0.3 is 24.4 Å². The second-order valence-electron chi connectivity index (χ2n) is 9.86. The van der Waals surface area contributed by atoms with Crippen molar-refractivity contribution in [3.8, 4) is 5.75 Å². The number of nitrogens with zero attached hydrogens (tertiary/aromatic N) is 2. The van der Waals surface area contributed by atoms with Crippen LogP contribution in [0.4, 0.5) is 4.39 Å². The summed E-state index contributed by atoms with van der Waals surface area (Å²) in [7, 11) is 1.54. The minimum absolute atomic E-state index is 0.0161. The van der Waals surface area contributed by atoms with Gasteiger partial charge in [0.15, 0.2) is 0 Å².